The van der Waals surface area contributed by atoms with Crippen LogP contribution in [0.25, 0.3) is 11.3 Å². The van der Waals surface area contributed by atoms with Gasteiger partial charge in [-0.15, -0.1) is 0 Å². The molecule has 1 aliphatic heterocycles. The Bertz CT molecular complexity index is 798. The topological polar surface area (TPSA) is 98.1 Å². The highest BCUT2D eigenvalue weighted by Crippen LogP contribution is 2.33. The number of benzene rings is 1. The van der Waals surface area contributed by atoms with E-state index >= 15 is 0 Å². The van der Waals surface area contributed by atoms with Crippen LogP contribution in [0.4, 0.5) is 11.6 Å². The van der Waals surface area contributed by atoms with Crippen LogP contribution in [0.1, 0.15) is 34.5 Å². The molecule has 2 aliphatic rings. The quantitative estimate of drug-likeness (QED) is 0.838. The van der Waals surface area contributed by atoms with E-state index in [2.05, 4.69) is 4.90 Å². The zero-order valence-electron chi connectivity index (χ0n) is 12.9. The number of nitrogens with zero attached hydrogens (tertiary/aromatic N) is 3. The van der Waals surface area contributed by atoms with Crippen molar-refractivity contribution in [2.45, 2.75) is 25.7 Å². The average molecular weight is 309 g/mol. The van der Waals surface area contributed by atoms with Crippen molar-refractivity contribution in [1.29, 1.82) is 0 Å². The van der Waals surface area contributed by atoms with Gasteiger partial charge in [0, 0.05) is 41.2 Å². The average Bonchev–Trinajstić information content (AvgIpc) is 2.92. The molecule has 1 aliphatic carbocycles. The third kappa shape index (κ3) is 2.40. The molecule has 1 aromatic carbocycles. The molecule has 0 radical (unpaired) electrons. The molecule has 6 nitrogen and oxygen atoms in total. The maximum absolute atomic E-state index is 11.5. The third-order valence-electron chi connectivity index (χ3n) is 4.57. The van der Waals surface area contributed by atoms with E-state index in [1.54, 1.807) is 12.1 Å². The number of nitrogens with two attached hydrogens (primary N) is 2. The van der Waals surface area contributed by atoms with E-state index in [4.69, 9.17) is 21.4 Å². The van der Waals surface area contributed by atoms with Crippen LogP contribution in [-0.2, 0) is 12.8 Å². The van der Waals surface area contributed by atoms with Gasteiger partial charge in [0.15, 0.2) is 0 Å². The molecule has 1 amide bonds. The van der Waals surface area contributed by atoms with Crippen molar-refractivity contribution in [3.63, 3.8) is 0 Å². The molecule has 0 saturated carbocycles. The summed E-state index contributed by atoms with van der Waals surface area (Å²) >= 11 is 0. The molecule has 1 fully saturated rings. The van der Waals surface area contributed by atoms with Gasteiger partial charge < -0.3 is 16.4 Å². The first kappa shape index (κ1) is 14.0. The van der Waals surface area contributed by atoms with Crippen LogP contribution in [-0.4, -0.2) is 29.0 Å². The summed E-state index contributed by atoms with van der Waals surface area (Å²) in [5, 5.41) is 0. The Kier molecular flexibility index (Phi) is 3.18. The van der Waals surface area contributed by atoms with E-state index in [1.165, 1.54) is 12.0 Å². The van der Waals surface area contributed by atoms with Crippen molar-refractivity contribution in [1.82, 2.24) is 9.97 Å². The molecule has 4 rings (SSSR count). The van der Waals surface area contributed by atoms with Gasteiger partial charge in [-0.25, -0.2) is 9.97 Å². The number of aromatic nitrogens is 2. The smallest absolute Gasteiger partial charge is 0.248 e. The summed E-state index contributed by atoms with van der Waals surface area (Å²) in [4.78, 5) is 23.2. The van der Waals surface area contributed by atoms with Gasteiger partial charge in [0.2, 0.25) is 11.9 Å². The van der Waals surface area contributed by atoms with Gasteiger partial charge in [-0.05, 0) is 43.9 Å². The minimum atomic E-state index is -0.479. The number of nitrogen functional groups attached to an aromatic ring is 1. The van der Waals surface area contributed by atoms with Crippen molar-refractivity contribution >= 4 is 17.5 Å². The first-order valence-electron chi connectivity index (χ1n) is 7.97. The lowest BCUT2D eigenvalue weighted by molar-refractivity contribution is 0.100. The van der Waals surface area contributed by atoms with Gasteiger partial charge in [0.05, 0.1) is 5.69 Å². The number of hydrogen-bond acceptors (Lipinski definition) is 5. The normalized spacial score (nSPS) is 16.1. The summed E-state index contributed by atoms with van der Waals surface area (Å²) in [5.74, 6) is 0.308. The van der Waals surface area contributed by atoms with Crippen LogP contribution in [0.15, 0.2) is 18.2 Å². The summed E-state index contributed by atoms with van der Waals surface area (Å²) in [7, 11) is 0. The molecule has 2 heterocycles. The van der Waals surface area contributed by atoms with E-state index < -0.39 is 5.91 Å². The molecule has 118 valence electrons. The molecule has 0 unspecified atom stereocenters. The number of carbonyl (C=O) groups excluding carboxylic acids is 1. The fourth-order valence-electron chi connectivity index (χ4n) is 3.25. The lowest BCUT2D eigenvalue weighted by atomic mass is 10.0. The van der Waals surface area contributed by atoms with E-state index in [1.807, 2.05) is 6.07 Å². The number of fused-ring (bicyclic) bond motifs is 1. The fourth-order valence-corrected chi connectivity index (χ4v) is 3.25. The maximum Gasteiger partial charge on any atom is 0.248 e. The zero-order valence-corrected chi connectivity index (χ0v) is 12.9. The van der Waals surface area contributed by atoms with Gasteiger partial charge in [0.25, 0.3) is 0 Å². The number of anilines is 2. The number of aryl methyl sites for hydroxylation is 1. The van der Waals surface area contributed by atoms with Crippen molar-refractivity contribution in [3.8, 4) is 11.3 Å². The standard InChI is InChI=1S/C17H19N5O/c18-12-8-10(7-11(9-12)16(19)23)15-13-3-1-4-14(13)20-17(21-15)22-5-2-6-22/h7-9H,1-6,18H2,(H2,19,23). The van der Waals surface area contributed by atoms with Crippen molar-refractivity contribution in [2.75, 3.05) is 23.7 Å². The Morgan fingerprint density at radius 3 is 2.61 bits per heavy atom. The molecular weight excluding hydrogens is 290 g/mol. The van der Waals surface area contributed by atoms with Crippen LogP contribution in [0, 0.1) is 0 Å². The highest BCUT2D eigenvalue weighted by molar-refractivity contribution is 5.95. The summed E-state index contributed by atoms with van der Waals surface area (Å²) in [5.41, 5.74) is 16.3. The highest BCUT2D eigenvalue weighted by atomic mass is 16.1. The van der Waals surface area contributed by atoms with Gasteiger partial charge in [0.1, 0.15) is 0 Å². The van der Waals surface area contributed by atoms with Crippen LogP contribution in [0.3, 0.4) is 0 Å². The minimum absolute atomic E-state index is 0.413. The molecule has 23 heavy (non-hydrogen) atoms. The minimum Gasteiger partial charge on any atom is -0.399 e. The summed E-state index contributed by atoms with van der Waals surface area (Å²) in [6.07, 6.45) is 4.22. The Labute approximate surface area is 134 Å². The maximum atomic E-state index is 11.5. The van der Waals surface area contributed by atoms with Crippen molar-refractivity contribution in [3.05, 3.63) is 35.0 Å². The van der Waals surface area contributed by atoms with Crippen LogP contribution in [0.5, 0.6) is 0 Å². The third-order valence-corrected chi connectivity index (χ3v) is 4.57. The molecule has 2 aromatic rings. The number of carbonyl (C=O) groups is 1. The molecule has 4 N–H and O–H groups in total. The predicted molar refractivity (Wildman–Crippen MR) is 89.3 cm³/mol. The largest absolute Gasteiger partial charge is 0.399 e. The van der Waals surface area contributed by atoms with Gasteiger partial charge in [-0.3, -0.25) is 4.79 Å². The van der Waals surface area contributed by atoms with Gasteiger partial charge >= 0.3 is 0 Å². The Morgan fingerprint density at radius 2 is 1.91 bits per heavy atom. The van der Waals surface area contributed by atoms with Gasteiger partial charge in [-0.2, -0.15) is 0 Å². The highest BCUT2D eigenvalue weighted by Gasteiger charge is 2.25. The molecule has 0 bridgehead atoms. The first-order valence-corrected chi connectivity index (χ1v) is 7.97. The van der Waals surface area contributed by atoms with Crippen LogP contribution in [0.2, 0.25) is 0 Å². The lowest BCUT2D eigenvalue weighted by Gasteiger charge is -2.31. The van der Waals surface area contributed by atoms with Crippen molar-refractivity contribution < 1.29 is 4.79 Å². The Balaban J connectivity index is 1.88. The van der Waals surface area contributed by atoms with E-state index in [0.717, 1.165) is 55.3 Å². The van der Waals surface area contributed by atoms with Crippen molar-refractivity contribution in [2.24, 2.45) is 5.73 Å². The molecule has 1 saturated heterocycles. The van der Waals surface area contributed by atoms with Gasteiger partial charge in [-0.1, -0.05) is 0 Å². The molecule has 0 atom stereocenters. The Morgan fingerprint density at radius 1 is 1.09 bits per heavy atom. The van der Waals surface area contributed by atoms with E-state index in [-0.39, 0.29) is 0 Å². The summed E-state index contributed by atoms with van der Waals surface area (Å²) in [6.45, 7) is 2.00. The summed E-state index contributed by atoms with van der Waals surface area (Å²) < 4.78 is 0. The SMILES string of the molecule is NC(=O)c1cc(N)cc(-c2nc(N3CCC3)nc3c2CCC3)c1. The zero-order chi connectivity index (χ0) is 16.0. The van der Waals surface area contributed by atoms with Crippen LogP contribution < -0.4 is 16.4 Å². The molecule has 1 aromatic heterocycles. The number of hydrogen-bond donors (Lipinski definition) is 2. The monoisotopic (exact) mass is 309 g/mol. The lowest BCUT2D eigenvalue weighted by Crippen LogP contribution is -2.38. The molecular formula is C17H19N5O. The summed E-state index contributed by atoms with van der Waals surface area (Å²) in [6, 6.07) is 5.23. The second-order valence-electron chi connectivity index (χ2n) is 6.20. The second-order valence-corrected chi connectivity index (χ2v) is 6.20. The number of primary amides is 1. The fraction of sp³-hybridized carbons (Fsp3) is 0.353. The molecule has 6 heteroatoms. The predicted octanol–water partition coefficient (Wildman–Crippen LogP) is 1.52. The molecule has 0 spiro atoms. The number of amides is 1. The Hall–Kier alpha value is -2.63. The number of rotatable bonds is 3. The van der Waals surface area contributed by atoms with Crippen LogP contribution >= 0.6 is 0 Å². The first-order chi connectivity index (χ1) is 11.1. The second kappa shape index (κ2) is 5.22. The van der Waals surface area contributed by atoms with E-state index in [9.17, 15) is 4.79 Å². The van der Waals surface area contributed by atoms with E-state index in [0.29, 0.717) is 11.3 Å².